The number of hydrogen-bond acceptors (Lipinski definition) is 6. The minimum absolute atomic E-state index is 0.000481. The second kappa shape index (κ2) is 13.8. The average molecular weight is 565 g/mol. The number of alkyl halides is 3. The van der Waals surface area contributed by atoms with Gasteiger partial charge in [-0.1, -0.05) is 43.7 Å². The summed E-state index contributed by atoms with van der Waals surface area (Å²) in [5, 5.41) is 26.5. The van der Waals surface area contributed by atoms with Crippen LogP contribution in [-0.2, 0) is 11.7 Å². The predicted octanol–water partition coefficient (Wildman–Crippen LogP) is 6.16. The van der Waals surface area contributed by atoms with Crippen LogP contribution in [0.4, 0.5) is 13.2 Å². The van der Waals surface area contributed by atoms with Gasteiger partial charge >= 0.3 is 6.18 Å². The Hall–Kier alpha value is -3.44. The fourth-order valence-corrected chi connectivity index (χ4v) is 3.92. The summed E-state index contributed by atoms with van der Waals surface area (Å²) < 4.78 is 49.3. The van der Waals surface area contributed by atoms with Crippen molar-refractivity contribution in [3.63, 3.8) is 0 Å². The average Bonchev–Trinajstić information content (AvgIpc) is 3.22. The predicted molar refractivity (Wildman–Crippen MR) is 147 cm³/mol. The molecule has 8 nitrogen and oxygen atoms in total. The standard InChI is InChI=1S/C29H39F3N4O4/c1-8-11-20(13-12-19(9-2)10-3)14-34-26(39)25-18(4)27(36(35-25)28(5,6)7)40-23-16-33-15-21(22(38)17-37)24(23)29(30,31)32/h9,11-13,15-16,22,37-38H,8,10,14,17H2,1-7H3,(H,34,39)/b13-12-,19-9-,20-11-. The van der Waals surface area contributed by atoms with E-state index in [9.17, 15) is 28.2 Å². The Morgan fingerprint density at radius 3 is 2.35 bits per heavy atom. The van der Waals surface area contributed by atoms with Crippen LogP contribution in [0.5, 0.6) is 11.6 Å². The molecule has 0 radical (unpaired) electrons. The molecule has 0 aliphatic heterocycles. The van der Waals surface area contributed by atoms with Crippen molar-refractivity contribution >= 4 is 5.91 Å². The smallest absolute Gasteiger partial charge is 0.420 e. The van der Waals surface area contributed by atoms with E-state index >= 15 is 0 Å². The summed E-state index contributed by atoms with van der Waals surface area (Å²) in [6, 6.07) is 0. The Labute approximate surface area is 233 Å². The van der Waals surface area contributed by atoms with Crippen LogP contribution in [0.1, 0.15) is 87.7 Å². The SMILES string of the molecule is C\C=C(/C=C\C(=C\CC)CNC(=O)c1nn(C(C)(C)C)c(Oc2cncc(C(O)CO)c2C(F)(F)F)c1C)CC. The Morgan fingerprint density at radius 2 is 1.82 bits per heavy atom. The minimum atomic E-state index is -4.93. The number of nitrogens with one attached hydrogen (secondary N) is 1. The van der Waals surface area contributed by atoms with Gasteiger partial charge in [-0.05, 0) is 53.0 Å². The van der Waals surface area contributed by atoms with E-state index < -0.39 is 47.2 Å². The number of aliphatic hydroxyl groups is 2. The van der Waals surface area contributed by atoms with Crippen LogP contribution in [0.2, 0.25) is 0 Å². The number of amides is 1. The Balaban J connectivity index is 2.50. The van der Waals surface area contributed by atoms with Crippen molar-refractivity contribution in [3.05, 3.63) is 70.2 Å². The Kier molecular flexibility index (Phi) is 11.3. The number of pyridine rings is 1. The van der Waals surface area contributed by atoms with Gasteiger partial charge < -0.3 is 20.3 Å². The molecule has 40 heavy (non-hydrogen) atoms. The maximum Gasteiger partial charge on any atom is 0.420 e. The summed E-state index contributed by atoms with van der Waals surface area (Å²) in [5.41, 5.74) is -0.396. The summed E-state index contributed by atoms with van der Waals surface area (Å²) in [5.74, 6) is -1.28. The normalized spacial score (nSPS) is 14.1. The van der Waals surface area contributed by atoms with Crippen LogP contribution >= 0.6 is 0 Å². The van der Waals surface area contributed by atoms with Crippen LogP contribution < -0.4 is 10.1 Å². The van der Waals surface area contributed by atoms with E-state index in [0.29, 0.717) is 0 Å². The lowest BCUT2D eigenvalue weighted by Crippen LogP contribution is -2.28. The van der Waals surface area contributed by atoms with Crippen molar-refractivity contribution in [2.45, 2.75) is 79.1 Å². The largest absolute Gasteiger partial charge is 0.437 e. The van der Waals surface area contributed by atoms with Crippen LogP contribution in [-0.4, -0.2) is 44.0 Å². The van der Waals surface area contributed by atoms with E-state index in [-0.39, 0.29) is 23.7 Å². The third-order valence-corrected chi connectivity index (χ3v) is 6.09. The van der Waals surface area contributed by atoms with Crippen LogP contribution in [0.3, 0.4) is 0 Å². The van der Waals surface area contributed by atoms with Gasteiger partial charge in [-0.25, -0.2) is 4.68 Å². The summed E-state index contributed by atoms with van der Waals surface area (Å²) in [4.78, 5) is 17.0. The lowest BCUT2D eigenvalue weighted by molar-refractivity contribution is -0.140. The number of aromatic nitrogens is 3. The van der Waals surface area contributed by atoms with Crippen molar-refractivity contribution in [3.8, 4) is 11.6 Å². The van der Waals surface area contributed by atoms with Gasteiger partial charge in [0.1, 0.15) is 11.7 Å². The molecule has 0 spiro atoms. The van der Waals surface area contributed by atoms with Crippen molar-refractivity contribution < 1.29 is 32.9 Å². The number of halogens is 3. The highest BCUT2D eigenvalue weighted by Gasteiger charge is 2.40. The molecule has 0 bridgehead atoms. The zero-order valence-electron chi connectivity index (χ0n) is 24.1. The van der Waals surface area contributed by atoms with Crippen molar-refractivity contribution in [1.29, 1.82) is 0 Å². The molecule has 2 rings (SSSR count). The van der Waals surface area contributed by atoms with E-state index in [1.807, 2.05) is 38.2 Å². The second-order valence-electron chi connectivity index (χ2n) is 10.2. The first-order valence-corrected chi connectivity index (χ1v) is 13.1. The molecule has 2 heterocycles. The molecular formula is C29H39F3N4O4. The first-order valence-electron chi connectivity index (χ1n) is 13.1. The van der Waals surface area contributed by atoms with Crippen molar-refractivity contribution in [1.82, 2.24) is 20.1 Å². The molecule has 2 aromatic rings. The molecule has 220 valence electrons. The highest BCUT2D eigenvalue weighted by Crippen LogP contribution is 2.43. The third-order valence-electron chi connectivity index (χ3n) is 6.09. The molecule has 0 aromatic carbocycles. The van der Waals surface area contributed by atoms with E-state index in [4.69, 9.17) is 4.74 Å². The molecule has 0 aliphatic carbocycles. The van der Waals surface area contributed by atoms with Gasteiger partial charge in [0.25, 0.3) is 5.91 Å². The second-order valence-corrected chi connectivity index (χ2v) is 10.2. The Bertz CT molecular complexity index is 1270. The number of carbonyl (C=O) groups is 1. The number of ether oxygens (including phenoxy) is 1. The molecular weight excluding hydrogens is 525 g/mol. The molecule has 3 N–H and O–H groups in total. The van der Waals surface area contributed by atoms with Crippen LogP contribution in [0, 0.1) is 6.92 Å². The Morgan fingerprint density at radius 1 is 1.18 bits per heavy atom. The molecule has 0 saturated carbocycles. The maximum atomic E-state index is 14.1. The van der Waals surface area contributed by atoms with Gasteiger partial charge in [-0.3, -0.25) is 9.78 Å². The van der Waals surface area contributed by atoms with Gasteiger partial charge in [0, 0.05) is 23.9 Å². The fraction of sp³-hybridized carbons (Fsp3) is 0.483. The van der Waals surface area contributed by atoms with Crippen molar-refractivity contribution in [2.24, 2.45) is 0 Å². The number of hydrogen-bond donors (Lipinski definition) is 3. The highest BCUT2D eigenvalue weighted by molar-refractivity contribution is 5.94. The van der Waals surface area contributed by atoms with E-state index in [2.05, 4.69) is 22.3 Å². The molecule has 1 atom stereocenters. The summed E-state index contributed by atoms with van der Waals surface area (Å²) in [6.45, 7) is 12.1. The first-order chi connectivity index (χ1) is 18.7. The molecule has 1 unspecified atom stereocenters. The zero-order valence-corrected chi connectivity index (χ0v) is 24.1. The van der Waals surface area contributed by atoms with Gasteiger partial charge in [0.05, 0.1) is 18.3 Å². The molecule has 0 aliphatic rings. The van der Waals surface area contributed by atoms with E-state index in [0.717, 1.165) is 36.4 Å². The van der Waals surface area contributed by atoms with Gasteiger partial charge in [-0.2, -0.15) is 18.3 Å². The van der Waals surface area contributed by atoms with Gasteiger partial charge in [0.15, 0.2) is 11.4 Å². The summed E-state index contributed by atoms with van der Waals surface area (Å²) >= 11 is 0. The summed E-state index contributed by atoms with van der Waals surface area (Å²) in [7, 11) is 0. The van der Waals surface area contributed by atoms with Crippen molar-refractivity contribution in [2.75, 3.05) is 13.2 Å². The molecule has 0 saturated heterocycles. The number of allylic oxidation sites excluding steroid dienone is 4. The number of carbonyl (C=O) groups excluding carboxylic acids is 1. The lowest BCUT2D eigenvalue weighted by Gasteiger charge is -2.24. The number of rotatable bonds is 11. The van der Waals surface area contributed by atoms with Crippen LogP contribution in [0.25, 0.3) is 0 Å². The fourth-order valence-electron chi connectivity index (χ4n) is 3.92. The molecule has 1 amide bonds. The number of nitrogens with zero attached hydrogens (tertiary/aromatic N) is 3. The van der Waals surface area contributed by atoms with Crippen LogP contribution in [0.15, 0.2) is 47.8 Å². The summed E-state index contributed by atoms with van der Waals surface area (Å²) in [6.07, 6.45) is 4.55. The minimum Gasteiger partial charge on any atom is -0.437 e. The zero-order chi connectivity index (χ0) is 30.3. The number of aliphatic hydroxyl groups excluding tert-OH is 2. The lowest BCUT2D eigenvalue weighted by atomic mass is 10.0. The monoisotopic (exact) mass is 564 g/mol. The van der Waals surface area contributed by atoms with E-state index in [1.54, 1.807) is 20.8 Å². The molecule has 11 heteroatoms. The molecule has 2 aromatic heterocycles. The quantitative estimate of drug-likeness (QED) is 0.282. The van der Waals surface area contributed by atoms with Gasteiger partial charge in [0.2, 0.25) is 5.88 Å². The van der Waals surface area contributed by atoms with Gasteiger partial charge in [-0.15, -0.1) is 0 Å². The highest BCUT2D eigenvalue weighted by atomic mass is 19.4. The van der Waals surface area contributed by atoms with E-state index in [1.165, 1.54) is 11.6 Å². The topological polar surface area (TPSA) is 110 Å². The molecule has 0 fully saturated rings. The third kappa shape index (κ3) is 8.04. The maximum absolute atomic E-state index is 14.1. The first kappa shape index (κ1) is 32.8.